The number of terminal acetylenes is 1. The van der Waals surface area contributed by atoms with Crippen LogP contribution in [-0.4, -0.2) is 29.4 Å². The molecule has 4 nitrogen and oxygen atoms in total. The van der Waals surface area contributed by atoms with Crippen molar-refractivity contribution in [2.45, 2.75) is 13.0 Å². The van der Waals surface area contributed by atoms with Crippen molar-refractivity contribution in [1.82, 2.24) is 9.88 Å². The number of nitrogens with zero attached hydrogens (tertiary/aromatic N) is 2. The molecule has 1 amide bonds. The maximum atomic E-state index is 11.7. The first-order valence-electron chi connectivity index (χ1n) is 4.46. The zero-order chi connectivity index (χ0) is 11.4. The lowest BCUT2D eigenvalue weighted by Crippen LogP contribution is -2.27. The second-order valence-corrected chi connectivity index (χ2v) is 4.11. The Kier molecular flexibility index (Phi) is 3.83. The fourth-order valence-electron chi connectivity index (χ4n) is 0.999. The molecule has 1 rings (SSSR count). The highest BCUT2D eigenvalue weighted by Gasteiger charge is 2.15. The molecule has 15 heavy (non-hydrogen) atoms. The van der Waals surface area contributed by atoms with Crippen LogP contribution in [0.15, 0.2) is 5.38 Å². The van der Waals surface area contributed by atoms with Crippen LogP contribution in [0.1, 0.15) is 28.5 Å². The van der Waals surface area contributed by atoms with Gasteiger partial charge in [0, 0.05) is 12.4 Å². The molecular formula is C10H13N3OS. The summed E-state index contributed by atoms with van der Waals surface area (Å²) in [4.78, 5) is 17.3. The van der Waals surface area contributed by atoms with Crippen LogP contribution in [0.2, 0.25) is 0 Å². The lowest BCUT2D eigenvalue weighted by molar-refractivity contribution is 0.0807. The van der Waals surface area contributed by atoms with Gasteiger partial charge < -0.3 is 10.6 Å². The Hall–Kier alpha value is -1.38. The van der Waals surface area contributed by atoms with Gasteiger partial charge in [-0.25, -0.2) is 4.98 Å². The maximum Gasteiger partial charge on any atom is 0.273 e. The summed E-state index contributed by atoms with van der Waals surface area (Å²) >= 11 is 1.39. The zero-order valence-electron chi connectivity index (χ0n) is 8.73. The lowest BCUT2D eigenvalue weighted by atomic mass is 10.3. The molecule has 1 aromatic rings. The van der Waals surface area contributed by atoms with Crippen molar-refractivity contribution in [2.75, 3.05) is 13.6 Å². The van der Waals surface area contributed by atoms with E-state index in [1.807, 2.05) is 6.92 Å². The van der Waals surface area contributed by atoms with Crippen LogP contribution in [0.3, 0.4) is 0 Å². The molecule has 1 heterocycles. The van der Waals surface area contributed by atoms with Gasteiger partial charge in [-0.3, -0.25) is 4.79 Å². The van der Waals surface area contributed by atoms with Gasteiger partial charge in [0.2, 0.25) is 0 Å². The number of rotatable bonds is 3. The number of amides is 1. The predicted molar refractivity (Wildman–Crippen MR) is 60.5 cm³/mol. The van der Waals surface area contributed by atoms with E-state index in [0.29, 0.717) is 5.69 Å². The predicted octanol–water partition coefficient (Wildman–Crippen LogP) is 0.868. The molecule has 0 aromatic carbocycles. The molecule has 0 saturated carbocycles. The van der Waals surface area contributed by atoms with Crippen molar-refractivity contribution in [3.63, 3.8) is 0 Å². The Bertz CT molecular complexity index is 392. The third kappa shape index (κ3) is 2.78. The molecule has 0 saturated heterocycles. The van der Waals surface area contributed by atoms with E-state index in [0.717, 1.165) is 5.01 Å². The van der Waals surface area contributed by atoms with Crippen molar-refractivity contribution in [3.8, 4) is 12.3 Å². The smallest absolute Gasteiger partial charge is 0.273 e. The molecule has 80 valence electrons. The van der Waals surface area contributed by atoms with Gasteiger partial charge in [0.25, 0.3) is 5.91 Å². The second-order valence-electron chi connectivity index (χ2n) is 3.22. The minimum absolute atomic E-state index is 0.144. The molecule has 0 bridgehead atoms. The average molecular weight is 223 g/mol. The first-order valence-corrected chi connectivity index (χ1v) is 5.34. The van der Waals surface area contributed by atoms with Crippen molar-refractivity contribution in [2.24, 2.45) is 5.73 Å². The topological polar surface area (TPSA) is 59.2 Å². The lowest BCUT2D eigenvalue weighted by Gasteiger charge is -2.11. The van der Waals surface area contributed by atoms with Crippen LogP contribution >= 0.6 is 11.3 Å². The maximum absolute atomic E-state index is 11.7. The van der Waals surface area contributed by atoms with E-state index >= 15 is 0 Å². The number of thiazole rings is 1. The van der Waals surface area contributed by atoms with Gasteiger partial charge in [-0.1, -0.05) is 5.92 Å². The monoisotopic (exact) mass is 223 g/mol. The highest BCUT2D eigenvalue weighted by atomic mass is 32.1. The molecule has 1 unspecified atom stereocenters. The van der Waals surface area contributed by atoms with Crippen LogP contribution in [0.5, 0.6) is 0 Å². The molecule has 5 heteroatoms. The van der Waals surface area contributed by atoms with E-state index in [2.05, 4.69) is 10.9 Å². The quantitative estimate of drug-likeness (QED) is 0.773. The summed E-state index contributed by atoms with van der Waals surface area (Å²) in [6, 6.07) is -0.144. The normalized spacial score (nSPS) is 11.9. The first kappa shape index (κ1) is 11.7. The molecule has 0 radical (unpaired) electrons. The Morgan fingerprint density at radius 2 is 2.53 bits per heavy atom. The van der Waals surface area contributed by atoms with E-state index in [1.165, 1.54) is 16.2 Å². The average Bonchev–Trinajstić information content (AvgIpc) is 2.65. The van der Waals surface area contributed by atoms with Crippen molar-refractivity contribution < 1.29 is 4.79 Å². The number of hydrogen-bond donors (Lipinski definition) is 1. The molecule has 1 aromatic heterocycles. The molecule has 0 aliphatic rings. The van der Waals surface area contributed by atoms with Crippen LogP contribution in [-0.2, 0) is 0 Å². The van der Waals surface area contributed by atoms with E-state index in [4.69, 9.17) is 12.2 Å². The van der Waals surface area contributed by atoms with Crippen molar-refractivity contribution in [3.05, 3.63) is 16.1 Å². The summed E-state index contributed by atoms with van der Waals surface area (Å²) in [5, 5.41) is 2.46. The molecule has 0 aliphatic carbocycles. The molecular weight excluding hydrogens is 210 g/mol. The highest BCUT2D eigenvalue weighted by molar-refractivity contribution is 7.09. The van der Waals surface area contributed by atoms with Crippen LogP contribution in [0.4, 0.5) is 0 Å². The Morgan fingerprint density at radius 1 is 1.87 bits per heavy atom. The third-order valence-corrected chi connectivity index (χ3v) is 2.85. The third-order valence-electron chi connectivity index (χ3n) is 1.81. The SMILES string of the molecule is C#CCN(C)C(=O)c1csc(C(C)N)n1. The summed E-state index contributed by atoms with van der Waals surface area (Å²) in [5.74, 6) is 2.23. The van der Waals surface area contributed by atoms with Gasteiger partial charge >= 0.3 is 0 Å². The van der Waals surface area contributed by atoms with E-state index in [-0.39, 0.29) is 18.5 Å². The van der Waals surface area contributed by atoms with E-state index in [9.17, 15) is 4.79 Å². The molecule has 0 fully saturated rings. The summed E-state index contributed by atoms with van der Waals surface area (Å²) in [7, 11) is 1.65. The summed E-state index contributed by atoms with van der Waals surface area (Å²) in [6.45, 7) is 2.11. The molecule has 0 spiro atoms. The van der Waals surface area contributed by atoms with Crippen molar-refractivity contribution >= 4 is 17.2 Å². The number of carbonyl (C=O) groups excluding carboxylic acids is 1. The molecule has 1 atom stereocenters. The fraction of sp³-hybridized carbons (Fsp3) is 0.400. The number of nitrogens with two attached hydrogens (primary N) is 1. The number of carbonyl (C=O) groups is 1. The van der Waals surface area contributed by atoms with E-state index in [1.54, 1.807) is 12.4 Å². The number of hydrogen-bond acceptors (Lipinski definition) is 4. The summed E-state index contributed by atoms with van der Waals surface area (Å²) in [5.41, 5.74) is 6.06. The summed E-state index contributed by atoms with van der Waals surface area (Å²) < 4.78 is 0. The van der Waals surface area contributed by atoms with Crippen LogP contribution in [0, 0.1) is 12.3 Å². The highest BCUT2D eigenvalue weighted by Crippen LogP contribution is 2.16. The standard InChI is InChI=1S/C10H13N3OS/c1-4-5-13(3)10(14)8-6-15-9(12-8)7(2)11/h1,6-7H,5,11H2,2-3H3. The van der Waals surface area contributed by atoms with Gasteiger partial charge in [0.05, 0.1) is 12.6 Å². The van der Waals surface area contributed by atoms with Gasteiger partial charge in [-0.2, -0.15) is 0 Å². The first-order chi connectivity index (χ1) is 7.06. The number of aromatic nitrogens is 1. The second kappa shape index (κ2) is 4.91. The Morgan fingerprint density at radius 3 is 3.00 bits per heavy atom. The minimum atomic E-state index is -0.170. The Balaban J connectivity index is 2.79. The van der Waals surface area contributed by atoms with Gasteiger partial charge in [-0.15, -0.1) is 17.8 Å². The van der Waals surface area contributed by atoms with Crippen LogP contribution < -0.4 is 5.73 Å². The largest absolute Gasteiger partial charge is 0.329 e. The van der Waals surface area contributed by atoms with Gasteiger partial charge in [0.1, 0.15) is 10.7 Å². The van der Waals surface area contributed by atoms with Gasteiger partial charge in [-0.05, 0) is 6.92 Å². The molecule has 2 N–H and O–H groups in total. The zero-order valence-corrected chi connectivity index (χ0v) is 9.54. The van der Waals surface area contributed by atoms with E-state index < -0.39 is 0 Å². The summed E-state index contributed by atoms with van der Waals surface area (Å²) in [6.07, 6.45) is 5.12. The van der Waals surface area contributed by atoms with Gasteiger partial charge in [0.15, 0.2) is 0 Å². The van der Waals surface area contributed by atoms with Crippen LogP contribution in [0.25, 0.3) is 0 Å². The minimum Gasteiger partial charge on any atom is -0.329 e. The van der Waals surface area contributed by atoms with Crippen molar-refractivity contribution in [1.29, 1.82) is 0 Å². The molecule has 0 aliphatic heterocycles. The fourth-order valence-corrected chi connectivity index (χ4v) is 1.75. The Labute approximate surface area is 93.1 Å².